The Labute approximate surface area is 147 Å². The summed E-state index contributed by atoms with van der Waals surface area (Å²) in [5.41, 5.74) is 0.781. The van der Waals surface area contributed by atoms with Crippen molar-refractivity contribution in [3.05, 3.63) is 40.3 Å². The molecule has 5 nitrogen and oxygen atoms in total. The third-order valence-electron chi connectivity index (χ3n) is 4.83. The minimum absolute atomic E-state index is 0.354. The van der Waals surface area contributed by atoms with E-state index in [4.69, 9.17) is 4.74 Å². The Balaban J connectivity index is 1.68. The number of hydrogen-bond donors (Lipinski definition) is 0. The number of carbonyl (C=O) groups excluding carboxylic acids is 2. The van der Waals surface area contributed by atoms with Gasteiger partial charge < -0.3 is 4.74 Å². The van der Waals surface area contributed by atoms with Crippen LogP contribution in [-0.2, 0) is 20.5 Å². The number of Topliss-reactive ketones (excluding diaryl/α,β-unsaturated/α-hetero) is 2. The van der Waals surface area contributed by atoms with Crippen LogP contribution in [0.25, 0.3) is 5.76 Å². The molecule has 1 aliphatic carbocycles. The van der Waals surface area contributed by atoms with Crippen molar-refractivity contribution in [1.29, 1.82) is 0 Å². The normalized spacial score (nSPS) is 24.4. The molecule has 24 heavy (non-hydrogen) atoms. The van der Waals surface area contributed by atoms with E-state index in [0.29, 0.717) is 40.6 Å². The van der Waals surface area contributed by atoms with Crippen molar-refractivity contribution in [3.8, 4) is 0 Å². The zero-order valence-corrected chi connectivity index (χ0v) is 14.9. The molecular formula is C17H17NO4S2. The van der Waals surface area contributed by atoms with Crippen LogP contribution in [0.15, 0.2) is 29.2 Å². The summed E-state index contributed by atoms with van der Waals surface area (Å²) in [7, 11) is -0.968. The molecule has 1 spiro atoms. The lowest BCUT2D eigenvalue weighted by molar-refractivity contribution is -0.111. The van der Waals surface area contributed by atoms with Crippen molar-refractivity contribution in [2.45, 2.75) is 18.4 Å². The molecule has 2 aliphatic heterocycles. The van der Waals surface area contributed by atoms with Gasteiger partial charge >= 0.3 is 0 Å². The van der Waals surface area contributed by atoms with E-state index >= 15 is 0 Å². The molecule has 1 atom stereocenters. The smallest absolute Gasteiger partial charge is 0.243 e. The van der Waals surface area contributed by atoms with Gasteiger partial charge in [0.25, 0.3) is 0 Å². The van der Waals surface area contributed by atoms with Gasteiger partial charge in [-0.3, -0.25) is 9.59 Å². The molecule has 1 aromatic carbocycles. The Morgan fingerprint density at radius 3 is 2.46 bits per heavy atom. The highest BCUT2D eigenvalue weighted by Gasteiger charge is 2.46. The highest BCUT2D eigenvalue weighted by Crippen LogP contribution is 2.47. The van der Waals surface area contributed by atoms with Crippen LogP contribution in [0.5, 0.6) is 0 Å². The van der Waals surface area contributed by atoms with Crippen LogP contribution in [-0.4, -0.2) is 50.8 Å². The van der Waals surface area contributed by atoms with E-state index in [-0.39, 0.29) is 5.60 Å². The molecule has 3 aliphatic rings. The van der Waals surface area contributed by atoms with Gasteiger partial charge in [-0.15, -0.1) is 11.8 Å². The van der Waals surface area contributed by atoms with Gasteiger partial charge in [-0.25, -0.2) is 8.51 Å². The van der Waals surface area contributed by atoms with Gasteiger partial charge in [-0.2, -0.15) is 0 Å². The lowest BCUT2D eigenvalue weighted by Gasteiger charge is -2.44. The maximum Gasteiger partial charge on any atom is 0.243 e. The van der Waals surface area contributed by atoms with Crippen molar-refractivity contribution >= 4 is 40.1 Å². The van der Waals surface area contributed by atoms with Crippen molar-refractivity contribution < 1.29 is 18.5 Å². The van der Waals surface area contributed by atoms with Gasteiger partial charge in [0.05, 0.1) is 11.0 Å². The predicted molar refractivity (Wildman–Crippen MR) is 93.8 cm³/mol. The average molecular weight is 363 g/mol. The monoisotopic (exact) mass is 363 g/mol. The highest BCUT2D eigenvalue weighted by atomic mass is 32.2. The summed E-state index contributed by atoms with van der Waals surface area (Å²) in [5.74, 6) is 0.290. The molecule has 1 unspecified atom stereocenters. The first-order valence-electron chi connectivity index (χ1n) is 7.84. The maximum atomic E-state index is 12.4. The predicted octanol–water partition coefficient (Wildman–Crippen LogP) is 2.01. The van der Waals surface area contributed by atoms with Crippen molar-refractivity contribution in [3.63, 3.8) is 0 Å². The molecule has 4 rings (SSSR count). The van der Waals surface area contributed by atoms with Crippen molar-refractivity contribution in [2.75, 3.05) is 25.1 Å². The molecule has 2 heterocycles. The molecular weight excluding hydrogens is 346 g/mol. The summed E-state index contributed by atoms with van der Waals surface area (Å²) < 4.78 is 19.9. The Morgan fingerprint density at radius 1 is 1.12 bits per heavy atom. The number of benzene rings is 1. The molecule has 0 N–H and O–H groups in total. The van der Waals surface area contributed by atoms with E-state index in [1.165, 1.54) is 11.8 Å². The Kier molecular flexibility index (Phi) is 3.89. The molecule has 0 radical (unpaired) electrons. The second-order valence-corrected chi connectivity index (χ2v) is 8.64. The van der Waals surface area contributed by atoms with Crippen LogP contribution in [0, 0.1) is 0 Å². The van der Waals surface area contributed by atoms with Gasteiger partial charge in [0.2, 0.25) is 11.6 Å². The fraction of sp³-hybridized carbons (Fsp3) is 0.412. The first-order valence-corrected chi connectivity index (χ1v) is 10.3. The Bertz CT molecular complexity index is 794. The first kappa shape index (κ1) is 16.1. The third kappa shape index (κ3) is 2.46. The molecule has 0 saturated carbocycles. The fourth-order valence-electron chi connectivity index (χ4n) is 3.41. The molecule has 1 saturated heterocycles. The molecule has 7 heteroatoms. The molecule has 0 aromatic heterocycles. The van der Waals surface area contributed by atoms with Gasteiger partial charge in [0.1, 0.15) is 16.3 Å². The standard InChI is InChI=1S/C17H17NO4S2/c1-24(21)18-8-6-17(7-9-18)10-23-16-14(20)13(19)11-4-2-3-5-12(11)15(16)22-17/h2-5H,6-10H2,1H3. The number of nitrogens with zero attached hydrogens (tertiary/aromatic N) is 1. The lowest BCUT2D eigenvalue weighted by atomic mass is 9.90. The average Bonchev–Trinajstić information content (AvgIpc) is 2.60. The zero-order chi connectivity index (χ0) is 16.9. The largest absolute Gasteiger partial charge is 0.484 e. The molecule has 1 aromatic rings. The number of ketones is 2. The Hall–Kier alpha value is -1.44. The minimum atomic E-state index is -0.968. The minimum Gasteiger partial charge on any atom is -0.484 e. The van der Waals surface area contributed by atoms with E-state index in [1.807, 2.05) is 16.4 Å². The third-order valence-corrected chi connectivity index (χ3v) is 7.25. The molecule has 1 fully saturated rings. The highest BCUT2D eigenvalue weighted by molar-refractivity contribution is 8.04. The van der Waals surface area contributed by atoms with Crippen LogP contribution in [0.1, 0.15) is 28.8 Å². The number of hydrogen-bond acceptors (Lipinski definition) is 5. The zero-order valence-electron chi connectivity index (χ0n) is 13.2. The SMILES string of the molecule is CS(=O)N1CCC2(CC1)CSC1=C(O2)c2ccccc2C(=O)C1=O. The Morgan fingerprint density at radius 2 is 1.79 bits per heavy atom. The summed E-state index contributed by atoms with van der Waals surface area (Å²) in [4.78, 5) is 25.1. The summed E-state index contributed by atoms with van der Waals surface area (Å²) in [6.45, 7) is 1.42. The summed E-state index contributed by atoms with van der Waals surface area (Å²) in [6.07, 6.45) is 3.22. The van der Waals surface area contributed by atoms with Crippen LogP contribution in [0.4, 0.5) is 0 Å². The summed E-state index contributed by atoms with van der Waals surface area (Å²) in [6, 6.07) is 7.13. The number of thioether (sulfide) groups is 1. The van der Waals surface area contributed by atoms with E-state index in [9.17, 15) is 13.8 Å². The van der Waals surface area contributed by atoms with E-state index in [1.54, 1.807) is 18.4 Å². The van der Waals surface area contributed by atoms with Crippen molar-refractivity contribution in [1.82, 2.24) is 4.31 Å². The number of carbonyl (C=O) groups is 2. The van der Waals surface area contributed by atoms with Gasteiger partial charge in [-0.1, -0.05) is 24.3 Å². The van der Waals surface area contributed by atoms with E-state index < -0.39 is 22.6 Å². The first-order chi connectivity index (χ1) is 11.5. The van der Waals surface area contributed by atoms with E-state index in [2.05, 4.69) is 0 Å². The molecule has 0 amide bonds. The second kappa shape index (κ2) is 5.82. The van der Waals surface area contributed by atoms with Crippen molar-refractivity contribution in [2.24, 2.45) is 0 Å². The summed E-state index contributed by atoms with van der Waals surface area (Å²) in [5, 5.41) is 0. The number of piperidine rings is 1. The maximum absolute atomic E-state index is 12.4. The molecule has 0 bridgehead atoms. The van der Waals surface area contributed by atoms with E-state index in [0.717, 1.165) is 12.8 Å². The topological polar surface area (TPSA) is 63.7 Å². The number of ether oxygens (including phenoxy) is 1. The van der Waals surface area contributed by atoms with Gasteiger partial charge in [0.15, 0.2) is 0 Å². The van der Waals surface area contributed by atoms with Crippen LogP contribution in [0.3, 0.4) is 0 Å². The lowest BCUT2D eigenvalue weighted by Crippen LogP contribution is -2.49. The fourth-order valence-corrected chi connectivity index (χ4v) is 5.37. The quantitative estimate of drug-likeness (QED) is 0.714. The number of fused-ring (bicyclic) bond motifs is 2. The van der Waals surface area contributed by atoms with Crippen LogP contribution in [0.2, 0.25) is 0 Å². The summed E-state index contributed by atoms with van der Waals surface area (Å²) >= 11 is 1.43. The number of allylic oxidation sites excluding steroid dienone is 1. The van der Waals surface area contributed by atoms with Crippen LogP contribution >= 0.6 is 11.8 Å². The molecule has 126 valence electrons. The van der Waals surface area contributed by atoms with Gasteiger partial charge in [0, 0.05) is 49.1 Å². The van der Waals surface area contributed by atoms with Gasteiger partial charge in [-0.05, 0) is 0 Å². The van der Waals surface area contributed by atoms with Crippen LogP contribution < -0.4 is 0 Å². The number of rotatable bonds is 1. The second-order valence-electron chi connectivity index (χ2n) is 6.29.